The predicted octanol–water partition coefficient (Wildman–Crippen LogP) is 2.36. The molecule has 0 aromatic carbocycles. The van der Waals surface area contributed by atoms with Crippen LogP contribution in [-0.2, 0) is 11.3 Å². The number of carbonyl (C=O) groups is 1. The third-order valence-corrected chi connectivity index (χ3v) is 3.65. The van der Waals surface area contributed by atoms with Crippen LogP contribution in [0.4, 0.5) is 0 Å². The Kier molecular flexibility index (Phi) is 5.44. The van der Waals surface area contributed by atoms with Crippen molar-refractivity contribution in [1.82, 2.24) is 10.2 Å². The molecule has 1 unspecified atom stereocenters. The first kappa shape index (κ1) is 16.1. The molecule has 108 valence electrons. The van der Waals surface area contributed by atoms with Gasteiger partial charge in [0.25, 0.3) is 0 Å². The monoisotopic (exact) mass is 286 g/mol. The smallest absolute Gasteiger partial charge is 0.229 e. The Labute approximate surface area is 120 Å². The average Bonchev–Trinajstić information content (AvgIpc) is 2.74. The van der Waals surface area contributed by atoms with E-state index in [9.17, 15) is 4.79 Å². The van der Waals surface area contributed by atoms with E-state index in [1.165, 1.54) is 0 Å². The van der Waals surface area contributed by atoms with Crippen molar-refractivity contribution in [3.05, 3.63) is 23.7 Å². The number of hydrogen-bond acceptors (Lipinski definition) is 3. The van der Waals surface area contributed by atoms with Gasteiger partial charge < -0.3 is 14.6 Å². The number of nitrogens with one attached hydrogen (secondary N) is 1. The number of hydrogen-bond donors (Lipinski definition) is 1. The number of aryl methyl sites for hydroxylation is 1. The first-order chi connectivity index (χ1) is 8.51. The molecule has 0 bridgehead atoms. The van der Waals surface area contributed by atoms with Crippen LogP contribution in [0.15, 0.2) is 16.5 Å². The molecule has 1 saturated heterocycles. The normalized spacial score (nSPS) is 22.7. The van der Waals surface area contributed by atoms with Gasteiger partial charge in [-0.3, -0.25) is 4.79 Å². The van der Waals surface area contributed by atoms with Gasteiger partial charge in [-0.1, -0.05) is 0 Å². The third-order valence-electron chi connectivity index (χ3n) is 3.65. The molecule has 2 rings (SSSR count). The fourth-order valence-corrected chi connectivity index (χ4v) is 2.58. The lowest BCUT2D eigenvalue weighted by Gasteiger charge is -2.35. The lowest BCUT2D eigenvalue weighted by atomic mass is 9.81. The molecular weight excluding hydrogens is 264 g/mol. The van der Waals surface area contributed by atoms with Crippen molar-refractivity contribution in [3.8, 4) is 0 Å². The quantitative estimate of drug-likeness (QED) is 0.928. The van der Waals surface area contributed by atoms with Crippen molar-refractivity contribution >= 4 is 18.3 Å². The van der Waals surface area contributed by atoms with Gasteiger partial charge in [-0.05, 0) is 45.4 Å². The highest BCUT2D eigenvalue weighted by molar-refractivity contribution is 5.85. The van der Waals surface area contributed by atoms with Gasteiger partial charge in [-0.25, -0.2) is 0 Å². The highest BCUT2D eigenvalue weighted by atomic mass is 35.5. The number of furan rings is 1. The van der Waals surface area contributed by atoms with Gasteiger partial charge in [0.15, 0.2) is 0 Å². The lowest BCUT2D eigenvalue weighted by Crippen LogP contribution is -2.48. The van der Waals surface area contributed by atoms with E-state index in [0.29, 0.717) is 6.54 Å². The summed E-state index contributed by atoms with van der Waals surface area (Å²) in [4.78, 5) is 14.2. The molecular formula is C14H23ClN2O2. The number of amides is 1. The fourth-order valence-electron chi connectivity index (χ4n) is 2.58. The van der Waals surface area contributed by atoms with Crippen LogP contribution in [0.25, 0.3) is 0 Å². The number of halogens is 1. The highest BCUT2D eigenvalue weighted by Gasteiger charge is 2.36. The van der Waals surface area contributed by atoms with Crippen molar-refractivity contribution < 1.29 is 9.21 Å². The molecule has 5 heteroatoms. The standard InChI is InChI=1S/C14H22N2O2.ClH/c1-11-5-6-12(18-11)9-16(3)13(17)14(2)7-4-8-15-10-14;/h5-6,15H,4,7-10H2,1-3H3;1H. The second-order valence-electron chi connectivity index (χ2n) is 5.51. The minimum absolute atomic E-state index is 0. The summed E-state index contributed by atoms with van der Waals surface area (Å²) in [6.07, 6.45) is 2.02. The van der Waals surface area contributed by atoms with E-state index >= 15 is 0 Å². The molecule has 1 aliphatic heterocycles. The van der Waals surface area contributed by atoms with Gasteiger partial charge in [0, 0.05) is 13.6 Å². The fraction of sp³-hybridized carbons (Fsp3) is 0.643. The Morgan fingerprint density at radius 3 is 2.79 bits per heavy atom. The van der Waals surface area contributed by atoms with Gasteiger partial charge in [-0.2, -0.15) is 0 Å². The molecule has 1 fully saturated rings. The number of nitrogens with zero attached hydrogens (tertiary/aromatic N) is 1. The maximum absolute atomic E-state index is 12.5. The summed E-state index contributed by atoms with van der Waals surface area (Å²) in [6, 6.07) is 3.86. The molecule has 0 aliphatic carbocycles. The first-order valence-electron chi connectivity index (χ1n) is 6.53. The molecule has 1 aromatic rings. The van der Waals surface area contributed by atoms with Crippen molar-refractivity contribution in [2.45, 2.75) is 33.2 Å². The molecule has 1 aliphatic rings. The SMILES string of the molecule is Cc1ccc(CN(C)C(=O)C2(C)CCCNC2)o1.Cl. The van der Waals surface area contributed by atoms with Crippen molar-refractivity contribution in [2.75, 3.05) is 20.1 Å². The van der Waals surface area contributed by atoms with Gasteiger partial charge in [-0.15, -0.1) is 12.4 Å². The Hall–Kier alpha value is -1.00. The van der Waals surface area contributed by atoms with Crippen molar-refractivity contribution in [3.63, 3.8) is 0 Å². The Morgan fingerprint density at radius 1 is 1.53 bits per heavy atom. The van der Waals surface area contributed by atoms with Crippen LogP contribution in [0, 0.1) is 12.3 Å². The maximum Gasteiger partial charge on any atom is 0.229 e. The molecule has 19 heavy (non-hydrogen) atoms. The van der Waals surface area contributed by atoms with E-state index in [2.05, 4.69) is 5.32 Å². The van der Waals surface area contributed by atoms with E-state index in [4.69, 9.17) is 4.42 Å². The van der Waals surface area contributed by atoms with E-state index < -0.39 is 0 Å². The molecule has 0 radical (unpaired) electrons. The molecule has 1 aromatic heterocycles. The van der Waals surface area contributed by atoms with Gasteiger partial charge >= 0.3 is 0 Å². The van der Waals surface area contributed by atoms with Crippen LogP contribution in [-0.4, -0.2) is 30.9 Å². The Morgan fingerprint density at radius 2 is 2.26 bits per heavy atom. The number of rotatable bonds is 3. The third kappa shape index (κ3) is 3.74. The predicted molar refractivity (Wildman–Crippen MR) is 77.4 cm³/mol. The summed E-state index contributed by atoms with van der Waals surface area (Å²) in [5.74, 6) is 1.93. The van der Waals surface area contributed by atoms with Crippen LogP contribution in [0.3, 0.4) is 0 Å². The van der Waals surface area contributed by atoms with Crippen LogP contribution < -0.4 is 5.32 Å². The summed E-state index contributed by atoms with van der Waals surface area (Å²) in [5, 5.41) is 3.31. The summed E-state index contributed by atoms with van der Waals surface area (Å²) in [7, 11) is 1.85. The zero-order valence-electron chi connectivity index (χ0n) is 11.9. The molecule has 1 amide bonds. The molecule has 4 nitrogen and oxygen atoms in total. The average molecular weight is 287 g/mol. The highest BCUT2D eigenvalue weighted by Crippen LogP contribution is 2.28. The van der Waals surface area contributed by atoms with Gasteiger partial charge in [0.1, 0.15) is 11.5 Å². The largest absolute Gasteiger partial charge is 0.464 e. The van der Waals surface area contributed by atoms with Crippen molar-refractivity contribution in [1.29, 1.82) is 0 Å². The Balaban J connectivity index is 0.00000180. The second kappa shape index (κ2) is 6.44. The van der Waals surface area contributed by atoms with Crippen LogP contribution in [0.1, 0.15) is 31.3 Å². The molecule has 1 N–H and O–H groups in total. The summed E-state index contributed by atoms with van der Waals surface area (Å²) >= 11 is 0. The van der Waals surface area contributed by atoms with Crippen LogP contribution in [0.2, 0.25) is 0 Å². The lowest BCUT2D eigenvalue weighted by molar-refractivity contribution is -0.141. The van der Waals surface area contributed by atoms with Gasteiger partial charge in [0.2, 0.25) is 5.91 Å². The maximum atomic E-state index is 12.5. The minimum atomic E-state index is -0.269. The first-order valence-corrected chi connectivity index (χ1v) is 6.53. The van der Waals surface area contributed by atoms with Crippen LogP contribution >= 0.6 is 12.4 Å². The van der Waals surface area contributed by atoms with Crippen LogP contribution in [0.5, 0.6) is 0 Å². The van der Waals surface area contributed by atoms with E-state index in [-0.39, 0.29) is 23.7 Å². The minimum Gasteiger partial charge on any atom is -0.464 e. The zero-order valence-corrected chi connectivity index (χ0v) is 12.7. The summed E-state index contributed by atoms with van der Waals surface area (Å²) in [5.41, 5.74) is -0.269. The number of carbonyl (C=O) groups excluding carboxylic acids is 1. The van der Waals surface area contributed by atoms with Gasteiger partial charge in [0.05, 0.1) is 12.0 Å². The second-order valence-corrected chi connectivity index (χ2v) is 5.51. The molecule has 1 atom stereocenters. The van der Waals surface area contributed by atoms with E-state index in [0.717, 1.165) is 37.5 Å². The summed E-state index contributed by atoms with van der Waals surface area (Å²) in [6.45, 7) is 6.29. The number of piperidine rings is 1. The van der Waals surface area contributed by atoms with E-state index in [1.54, 1.807) is 4.90 Å². The zero-order chi connectivity index (χ0) is 13.2. The Bertz CT molecular complexity index is 425. The summed E-state index contributed by atoms with van der Waals surface area (Å²) < 4.78 is 5.52. The molecule has 0 saturated carbocycles. The molecule has 2 heterocycles. The molecule has 0 spiro atoms. The van der Waals surface area contributed by atoms with E-state index in [1.807, 2.05) is 33.0 Å². The topological polar surface area (TPSA) is 45.5 Å². The van der Waals surface area contributed by atoms with Crippen molar-refractivity contribution in [2.24, 2.45) is 5.41 Å².